The van der Waals surface area contributed by atoms with Crippen LogP contribution in [0.5, 0.6) is 0 Å². The molecule has 224 valence electrons. The Morgan fingerprint density at radius 1 is 1.22 bits per heavy atom. The highest BCUT2D eigenvalue weighted by Crippen LogP contribution is 2.38. The number of nitrogens with one attached hydrogen (secondary N) is 2. The largest absolute Gasteiger partial charge is 0.446 e. The second kappa shape index (κ2) is 11.6. The molecule has 0 saturated carbocycles. The molecule has 3 N–H and O–H groups in total. The van der Waals surface area contributed by atoms with Crippen LogP contribution in [-0.4, -0.2) is 75.2 Å². The molecule has 0 aliphatic carbocycles. The van der Waals surface area contributed by atoms with Gasteiger partial charge in [0.25, 0.3) is 0 Å². The van der Waals surface area contributed by atoms with Crippen LogP contribution in [0.4, 0.5) is 33.9 Å². The van der Waals surface area contributed by atoms with E-state index >= 15 is 4.39 Å². The van der Waals surface area contributed by atoms with Crippen molar-refractivity contribution < 1.29 is 49.5 Å². The Labute approximate surface area is 234 Å². The van der Waals surface area contributed by atoms with E-state index < -0.39 is 58.7 Å². The SMILES string of the molecule is CC(C)(C)OC(=O)NS(=O)(=O)OC[C@H]1O[C@@H](n2cnc3c(Nc4cccc(SC(F)(F)F)c4)ncnc32)[C@@H](F)[C@@H]1O. The van der Waals surface area contributed by atoms with Crippen molar-refractivity contribution in [1.29, 1.82) is 0 Å². The molecule has 2 aromatic heterocycles. The smallest absolute Gasteiger partial charge is 0.443 e. The third-order valence-corrected chi connectivity index (χ3v) is 6.84. The van der Waals surface area contributed by atoms with Crippen molar-refractivity contribution in [2.75, 3.05) is 11.9 Å². The number of aliphatic hydroxyl groups is 1. The highest BCUT2D eigenvalue weighted by molar-refractivity contribution is 8.00. The number of thioether (sulfide) groups is 1. The first-order chi connectivity index (χ1) is 19.0. The van der Waals surface area contributed by atoms with Crippen LogP contribution < -0.4 is 10.0 Å². The number of aliphatic hydroxyl groups excluding tert-OH is 1. The molecular weight excluding hydrogens is 600 g/mol. The van der Waals surface area contributed by atoms with Gasteiger partial charge in [-0.2, -0.15) is 26.3 Å². The molecule has 4 rings (SSSR count). The van der Waals surface area contributed by atoms with Crippen LogP contribution in [0.3, 0.4) is 0 Å². The molecule has 41 heavy (non-hydrogen) atoms. The Balaban J connectivity index is 1.47. The van der Waals surface area contributed by atoms with Crippen molar-refractivity contribution in [3.63, 3.8) is 0 Å². The summed E-state index contributed by atoms with van der Waals surface area (Å²) in [6, 6.07) is 5.47. The van der Waals surface area contributed by atoms with Gasteiger partial charge in [0.2, 0.25) is 0 Å². The van der Waals surface area contributed by atoms with Gasteiger partial charge in [-0.1, -0.05) is 6.07 Å². The molecule has 0 spiro atoms. The monoisotopic (exact) mass is 624 g/mol. The molecule has 0 bridgehead atoms. The number of imidazole rings is 1. The van der Waals surface area contributed by atoms with Gasteiger partial charge in [0.15, 0.2) is 29.4 Å². The maximum atomic E-state index is 15.1. The quantitative estimate of drug-likeness (QED) is 0.247. The van der Waals surface area contributed by atoms with Crippen molar-refractivity contribution in [3.8, 4) is 0 Å². The van der Waals surface area contributed by atoms with Gasteiger partial charge in [0.1, 0.15) is 24.1 Å². The van der Waals surface area contributed by atoms with Crippen LogP contribution >= 0.6 is 11.8 Å². The molecule has 0 unspecified atom stereocenters. The van der Waals surface area contributed by atoms with Crippen LogP contribution in [0, 0.1) is 0 Å². The average molecular weight is 625 g/mol. The standard InChI is InChI=1S/C22H24F4N6O7S2/c1-21(2,3)39-20(34)31-41(35,36)37-8-13-16(33)14(23)19(38-13)32-10-29-15-17(27-9-28-18(15)32)30-11-5-4-6-12(7-11)40-22(24,25)26/h4-7,9-10,13-14,16,19,33H,8H2,1-3H3,(H,31,34)(H,27,28,30)/t13-,14+,16-,19-/m1/s1. The molecule has 1 amide bonds. The molecule has 3 heterocycles. The minimum absolute atomic E-state index is 0.0453. The molecule has 1 saturated heterocycles. The van der Waals surface area contributed by atoms with E-state index in [9.17, 15) is 31.5 Å². The third kappa shape index (κ3) is 7.94. The average Bonchev–Trinajstić information content (AvgIpc) is 3.37. The number of benzene rings is 1. The first-order valence-corrected chi connectivity index (χ1v) is 13.9. The summed E-state index contributed by atoms with van der Waals surface area (Å²) in [6.45, 7) is 3.70. The highest BCUT2D eigenvalue weighted by Gasteiger charge is 2.46. The summed E-state index contributed by atoms with van der Waals surface area (Å²) >= 11 is -0.288. The number of alkyl halides is 4. The maximum absolute atomic E-state index is 15.1. The molecule has 3 aromatic rings. The lowest BCUT2D eigenvalue weighted by Crippen LogP contribution is -2.39. The lowest BCUT2D eigenvalue weighted by atomic mass is 10.1. The Bertz CT molecular complexity index is 1520. The predicted octanol–water partition coefficient (Wildman–Crippen LogP) is 3.56. The number of hydrogen-bond donors (Lipinski definition) is 3. The first-order valence-electron chi connectivity index (χ1n) is 11.7. The van der Waals surface area contributed by atoms with E-state index in [0.29, 0.717) is 0 Å². The van der Waals surface area contributed by atoms with Crippen LogP contribution in [-0.2, 0) is 24.0 Å². The number of amides is 1. The summed E-state index contributed by atoms with van der Waals surface area (Å²) in [5.41, 5.74) is -5.04. The normalized spacial score (nSPS) is 21.7. The van der Waals surface area contributed by atoms with Crippen molar-refractivity contribution in [2.45, 2.75) is 61.4 Å². The van der Waals surface area contributed by atoms with Crippen LogP contribution in [0.15, 0.2) is 41.8 Å². The molecule has 1 fully saturated rings. The number of halogens is 4. The van der Waals surface area contributed by atoms with Gasteiger partial charge in [-0.05, 0) is 50.7 Å². The first kappa shape index (κ1) is 30.7. The Morgan fingerprint density at radius 2 is 1.95 bits per heavy atom. The van der Waals surface area contributed by atoms with Gasteiger partial charge in [-0.25, -0.2) is 24.1 Å². The lowest BCUT2D eigenvalue weighted by Gasteiger charge is -2.20. The molecule has 1 aliphatic heterocycles. The van der Waals surface area contributed by atoms with E-state index in [4.69, 9.17) is 9.47 Å². The Hall–Kier alpha value is -3.26. The number of fused-ring (bicyclic) bond motifs is 1. The van der Waals surface area contributed by atoms with Gasteiger partial charge < -0.3 is 19.9 Å². The Morgan fingerprint density at radius 3 is 2.63 bits per heavy atom. The lowest BCUT2D eigenvalue weighted by molar-refractivity contribution is -0.0406. The molecule has 1 aliphatic rings. The molecule has 4 atom stereocenters. The van der Waals surface area contributed by atoms with Crippen molar-refractivity contribution in [3.05, 3.63) is 36.9 Å². The predicted molar refractivity (Wildman–Crippen MR) is 136 cm³/mol. The molecule has 0 radical (unpaired) electrons. The third-order valence-electron chi connectivity index (χ3n) is 5.25. The van der Waals surface area contributed by atoms with E-state index in [1.54, 1.807) is 0 Å². The van der Waals surface area contributed by atoms with Crippen LogP contribution in [0.25, 0.3) is 11.2 Å². The minimum atomic E-state index is -4.69. The zero-order valence-corrected chi connectivity index (χ0v) is 23.1. The van der Waals surface area contributed by atoms with E-state index in [1.807, 2.05) is 0 Å². The summed E-state index contributed by atoms with van der Waals surface area (Å²) in [5, 5.41) is 13.2. The zero-order chi connectivity index (χ0) is 30.2. The number of anilines is 2. The number of aromatic nitrogens is 4. The van der Waals surface area contributed by atoms with Crippen LogP contribution in [0.2, 0.25) is 0 Å². The van der Waals surface area contributed by atoms with Crippen molar-refractivity contribution in [1.82, 2.24) is 24.2 Å². The number of carbonyl (C=O) groups excluding carboxylic acids is 1. The second-order valence-corrected chi connectivity index (χ2v) is 12.1. The van der Waals surface area contributed by atoms with Gasteiger partial charge in [-0.15, -0.1) is 0 Å². The van der Waals surface area contributed by atoms with Crippen molar-refractivity contribution in [2.24, 2.45) is 0 Å². The summed E-state index contributed by atoms with van der Waals surface area (Å²) in [4.78, 5) is 23.9. The Kier molecular flexibility index (Phi) is 8.65. The van der Waals surface area contributed by atoms with E-state index in [2.05, 4.69) is 24.5 Å². The summed E-state index contributed by atoms with van der Waals surface area (Å²) in [7, 11) is -4.69. The van der Waals surface area contributed by atoms with E-state index in [-0.39, 0.29) is 39.3 Å². The fourth-order valence-corrected chi connectivity index (χ4v) is 4.91. The number of rotatable bonds is 8. The van der Waals surface area contributed by atoms with Gasteiger partial charge in [0, 0.05) is 10.6 Å². The molecule has 1 aromatic carbocycles. The van der Waals surface area contributed by atoms with Crippen LogP contribution in [0.1, 0.15) is 27.0 Å². The number of ether oxygens (including phenoxy) is 2. The fraction of sp³-hybridized carbons (Fsp3) is 0.455. The zero-order valence-electron chi connectivity index (χ0n) is 21.5. The van der Waals surface area contributed by atoms with Gasteiger partial charge >= 0.3 is 21.9 Å². The maximum Gasteiger partial charge on any atom is 0.446 e. The number of carbonyl (C=O) groups is 1. The van der Waals surface area contributed by atoms with E-state index in [0.717, 1.165) is 17.2 Å². The van der Waals surface area contributed by atoms with Gasteiger partial charge in [-0.3, -0.25) is 8.75 Å². The van der Waals surface area contributed by atoms with Crippen molar-refractivity contribution >= 4 is 50.8 Å². The summed E-state index contributed by atoms with van der Waals surface area (Å²) in [6.07, 6.45) is -5.95. The molecular formula is C22H24F4N6O7S2. The fourth-order valence-electron chi connectivity index (χ4n) is 3.69. The number of hydrogen-bond acceptors (Lipinski definition) is 12. The highest BCUT2D eigenvalue weighted by atomic mass is 32.2. The topological polar surface area (TPSA) is 167 Å². The second-order valence-electron chi connectivity index (χ2n) is 9.59. The van der Waals surface area contributed by atoms with Gasteiger partial charge in [0.05, 0.1) is 12.9 Å². The summed E-state index contributed by atoms with van der Waals surface area (Å²) < 4.78 is 95.2. The van der Waals surface area contributed by atoms with E-state index in [1.165, 1.54) is 49.8 Å². The molecule has 13 nitrogen and oxygen atoms in total. The number of nitrogens with zero attached hydrogens (tertiary/aromatic N) is 4. The minimum Gasteiger partial charge on any atom is -0.443 e. The summed E-state index contributed by atoms with van der Waals surface area (Å²) in [5.74, 6) is 0.0936. The molecule has 19 heteroatoms.